The van der Waals surface area contributed by atoms with Crippen LogP contribution in [0, 0.1) is 23.2 Å². The first kappa shape index (κ1) is 11.3. The van der Waals surface area contributed by atoms with Crippen LogP contribution < -0.4 is 5.32 Å². The Balaban J connectivity index is 1.49. The molecule has 2 N–H and O–H groups in total. The second-order valence-corrected chi connectivity index (χ2v) is 6.08. The van der Waals surface area contributed by atoms with E-state index in [1.165, 1.54) is 6.42 Å². The molecule has 3 nitrogen and oxygen atoms in total. The molecule has 2 saturated carbocycles. The van der Waals surface area contributed by atoms with E-state index in [1.54, 1.807) is 0 Å². The third-order valence-corrected chi connectivity index (χ3v) is 4.85. The van der Waals surface area contributed by atoms with Gasteiger partial charge in [0, 0.05) is 19.1 Å². The van der Waals surface area contributed by atoms with E-state index in [0.717, 1.165) is 32.2 Å². The number of allylic oxidation sites excluding steroid dienone is 2. The molecule has 3 atom stereocenters. The van der Waals surface area contributed by atoms with Crippen molar-refractivity contribution < 1.29 is 9.90 Å². The number of hydrogen-bond donors (Lipinski definition) is 2. The highest BCUT2D eigenvalue weighted by molar-refractivity contribution is 5.80. The number of carbonyl (C=O) groups excluding carboxylic acids is 1. The van der Waals surface area contributed by atoms with Gasteiger partial charge in [-0.25, -0.2) is 0 Å². The lowest BCUT2D eigenvalue weighted by molar-refractivity contribution is -0.126. The smallest absolute Gasteiger partial charge is 0.223 e. The van der Waals surface area contributed by atoms with Crippen molar-refractivity contribution in [2.24, 2.45) is 23.2 Å². The number of nitrogens with one attached hydrogen (secondary N) is 1. The van der Waals surface area contributed by atoms with E-state index in [9.17, 15) is 4.79 Å². The van der Waals surface area contributed by atoms with E-state index in [4.69, 9.17) is 5.11 Å². The van der Waals surface area contributed by atoms with Crippen molar-refractivity contribution in [2.75, 3.05) is 13.2 Å². The Bertz CT molecular complexity index is 346. The van der Waals surface area contributed by atoms with Crippen molar-refractivity contribution in [3.05, 3.63) is 12.2 Å². The molecule has 0 aromatic heterocycles. The van der Waals surface area contributed by atoms with E-state index in [1.807, 2.05) is 0 Å². The van der Waals surface area contributed by atoms with Gasteiger partial charge >= 0.3 is 0 Å². The van der Waals surface area contributed by atoms with E-state index in [2.05, 4.69) is 17.5 Å². The molecule has 0 spiro atoms. The van der Waals surface area contributed by atoms with Crippen molar-refractivity contribution in [2.45, 2.75) is 32.1 Å². The molecular weight excluding hydrogens is 214 g/mol. The van der Waals surface area contributed by atoms with Crippen molar-refractivity contribution in [3.8, 4) is 0 Å². The van der Waals surface area contributed by atoms with Crippen LogP contribution in [0.1, 0.15) is 32.1 Å². The molecule has 1 amide bonds. The third-order valence-electron chi connectivity index (χ3n) is 4.85. The first-order chi connectivity index (χ1) is 8.22. The lowest BCUT2D eigenvalue weighted by Crippen LogP contribution is -2.36. The molecule has 3 aliphatic rings. The Morgan fingerprint density at radius 3 is 2.71 bits per heavy atom. The van der Waals surface area contributed by atoms with Gasteiger partial charge in [0.15, 0.2) is 0 Å². The van der Waals surface area contributed by atoms with Gasteiger partial charge in [-0.1, -0.05) is 12.2 Å². The fourth-order valence-corrected chi connectivity index (χ4v) is 3.42. The summed E-state index contributed by atoms with van der Waals surface area (Å²) in [7, 11) is 0. The fraction of sp³-hybridized carbons (Fsp3) is 0.786. The quantitative estimate of drug-likeness (QED) is 0.709. The molecule has 3 unspecified atom stereocenters. The molecule has 17 heavy (non-hydrogen) atoms. The van der Waals surface area contributed by atoms with Crippen molar-refractivity contribution in [1.82, 2.24) is 5.32 Å². The van der Waals surface area contributed by atoms with Crippen LogP contribution in [0.5, 0.6) is 0 Å². The molecule has 94 valence electrons. The Morgan fingerprint density at radius 2 is 2.18 bits per heavy atom. The number of carbonyl (C=O) groups is 1. The van der Waals surface area contributed by atoms with Crippen LogP contribution in [0.2, 0.25) is 0 Å². The lowest BCUT2D eigenvalue weighted by atomic mass is 9.92. The molecular formula is C14H21NO2. The highest BCUT2D eigenvalue weighted by atomic mass is 16.3. The molecule has 0 saturated heterocycles. The zero-order valence-corrected chi connectivity index (χ0v) is 10.2. The minimum Gasteiger partial charge on any atom is -0.396 e. The normalized spacial score (nSPS) is 36.2. The van der Waals surface area contributed by atoms with Gasteiger partial charge < -0.3 is 10.4 Å². The van der Waals surface area contributed by atoms with Gasteiger partial charge in [0.1, 0.15) is 0 Å². The van der Waals surface area contributed by atoms with Gasteiger partial charge in [0.25, 0.3) is 0 Å². The monoisotopic (exact) mass is 235 g/mol. The van der Waals surface area contributed by atoms with Crippen LogP contribution in [0.4, 0.5) is 0 Å². The van der Waals surface area contributed by atoms with Crippen LogP contribution in [0.15, 0.2) is 12.2 Å². The van der Waals surface area contributed by atoms with Gasteiger partial charge in [-0.15, -0.1) is 0 Å². The minimum absolute atomic E-state index is 0.218. The molecule has 2 fully saturated rings. The molecule has 3 rings (SSSR count). The van der Waals surface area contributed by atoms with Gasteiger partial charge in [0.2, 0.25) is 5.91 Å². The molecule has 0 radical (unpaired) electrons. The summed E-state index contributed by atoms with van der Waals surface area (Å²) in [6.45, 7) is 1.01. The van der Waals surface area contributed by atoms with Crippen LogP contribution in [0.25, 0.3) is 0 Å². The number of hydrogen-bond acceptors (Lipinski definition) is 2. The summed E-state index contributed by atoms with van der Waals surface area (Å²) in [6, 6.07) is 0. The summed E-state index contributed by atoms with van der Waals surface area (Å²) in [5.41, 5.74) is 0.234. The third kappa shape index (κ3) is 2.13. The SMILES string of the molecule is O=C(NCC1(CCO)CC1)C1CC2C=CC1C2. The Hall–Kier alpha value is -0.830. The average molecular weight is 235 g/mol. The molecule has 3 aliphatic carbocycles. The van der Waals surface area contributed by atoms with E-state index >= 15 is 0 Å². The van der Waals surface area contributed by atoms with Crippen molar-refractivity contribution in [1.29, 1.82) is 0 Å². The maximum absolute atomic E-state index is 12.1. The summed E-state index contributed by atoms with van der Waals surface area (Å²) >= 11 is 0. The number of aliphatic hydroxyl groups is 1. The predicted octanol–water partition coefficient (Wildman–Crippen LogP) is 1.48. The summed E-state index contributed by atoms with van der Waals surface area (Å²) in [5.74, 6) is 1.61. The number of aliphatic hydroxyl groups excluding tert-OH is 1. The summed E-state index contributed by atoms with van der Waals surface area (Å²) in [6.07, 6.45) is 9.86. The zero-order chi connectivity index (χ0) is 11.9. The predicted molar refractivity (Wildman–Crippen MR) is 65.2 cm³/mol. The second-order valence-electron chi connectivity index (χ2n) is 6.08. The molecule has 3 heteroatoms. The average Bonchev–Trinajstić information content (AvgIpc) is 2.79. The topological polar surface area (TPSA) is 49.3 Å². The summed E-state index contributed by atoms with van der Waals surface area (Å²) < 4.78 is 0. The van der Waals surface area contributed by atoms with Crippen LogP contribution in [0.3, 0.4) is 0 Å². The minimum atomic E-state index is 0.218. The Morgan fingerprint density at radius 1 is 1.35 bits per heavy atom. The van der Waals surface area contributed by atoms with Gasteiger partial charge in [-0.05, 0) is 49.4 Å². The number of fused-ring (bicyclic) bond motifs is 2. The van der Waals surface area contributed by atoms with Crippen molar-refractivity contribution in [3.63, 3.8) is 0 Å². The number of rotatable bonds is 5. The maximum atomic E-state index is 12.1. The van der Waals surface area contributed by atoms with Gasteiger partial charge in [0.05, 0.1) is 0 Å². The van der Waals surface area contributed by atoms with Gasteiger partial charge in [-0.2, -0.15) is 0 Å². The fourth-order valence-electron chi connectivity index (χ4n) is 3.42. The Kier molecular flexibility index (Phi) is 2.74. The highest BCUT2D eigenvalue weighted by Crippen LogP contribution is 2.48. The van der Waals surface area contributed by atoms with E-state index < -0.39 is 0 Å². The Labute approximate surface area is 102 Å². The molecule has 0 heterocycles. The summed E-state index contributed by atoms with van der Waals surface area (Å²) in [4.78, 5) is 12.1. The van der Waals surface area contributed by atoms with Crippen LogP contribution in [-0.2, 0) is 4.79 Å². The maximum Gasteiger partial charge on any atom is 0.223 e. The molecule has 0 aromatic rings. The molecule has 0 aromatic carbocycles. The zero-order valence-electron chi connectivity index (χ0n) is 10.2. The van der Waals surface area contributed by atoms with Gasteiger partial charge in [-0.3, -0.25) is 4.79 Å². The number of amides is 1. The van der Waals surface area contributed by atoms with E-state index in [0.29, 0.717) is 11.8 Å². The highest BCUT2D eigenvalue weighted by Gasteiger charge is 2.44. The van der Waals surface area contributed by atoms with Crippen LogP contribution >= 0.6 is 0 Å². The standard InChI is InChI=1S/C14H21NO2/c16-6-5-14(3-4-14)9-15-13(17)12-8-10-1-2-11(12)7-10/h1-2,10-12,16H,3-9H2,(H,15,17). The van der Waals surface area contributed by atoms with Crippen LogP contribution in [-0.4, -0.2) is 24.2 Å². The van der Waals surface area contributed by atoms with Crippen molar-refractivity contribution >= 4 is 5.91 Å². The first-order valence-corrected chi connectivity index (χ1v) is 6.79. The molecule has 2 bridgehead atoms. The van der Waals surface area contributed by atoms with E-state index in [-0.39, 0.29) is 23.8 Å². The second kappa shape index (κ2) is 4.13. The summed E-state index contributed by atoms with van der Waals surface area (Å²) in [5, 5.41) is 12.1. The lowest BCUT2D eigenvalue weighted by Gasteiger charge is -2.20. The molecule has 0 aliphatic heterocycles. The first-order valence-electron chi connectivity index (χ1n) is 6.79. The largest absolute Gasteiger partial charge is 0.396 e.